The van der Waals surface area contributed by atoms with Crippen LogP contribution in [0.2, 0.25) is 0 Å². The van der Waals surface area contributed by atoms with E-state index >= 15 is 0 Å². The molecule has 25 heavy (non-hydrogen) atoms. The Kier molecular flexibility index (Phi) is 8.12. The van der Waals surface area contributed by atoms with E-state index in [2.05, 4.69) is 53.2 Å². The number of nitrogens with zero attached hydrogens (tertiary/aromatic N) is 3. The Labute approximate surface area is 156 Å². The topological polar surface area (TPSA) is 61.8 Å². The van der Waals surface area contributed by atoms with Crippen LogP contribution in [-0.4, -0.2) is 61.8 Å². The molecule has 2 rings (SSSR count). The molecule has 1 aliphatic rings. The first-order chi connectivity index (χ1) is 12.0. The molecule has 1 atom stereocenters. The van der Waals surface area contributed by atoms with Crippen molar-refractivity contribution in [1.29, 1.82) is 0 Å². The summed E-state index contributed by atoms with van der Waals surface area (Å²) >= 11 is 1.74. The van der Waals surface area contributed by atoms with Crippen LogP contribution in [0.5, 0.6) is 0 Å². The summed E-state index contributed by atoms with van der Waals surface area (Å²) in [7, 11) is 1.82. The van der Waals surface area contributed by atoms with Gasteiger partial charge >= 0.3 is 0 Å². The molecule has 0 radical (unpaired) electrons. The number of aromatic nitrogens is 1. The summed E-state index contributed by atoms with van der Waals surface area (Å²) in [6.07, 6.45) is 1.18. The predicted octanol–water partition coefficient (Wildman–Crippen LogP) is 2.17. The second-order valence-corrected chi connectivity index (χ2v) is 8.28. The van der Waals surface area contributed by atoms with Crippen molar-refractivity contribution in [2.45, 2.75) is 46.7 Å². The van der Waals surface area contributed by atoms with Gasteiger partial charge in [-0.3, -0.25) is 9.89 Å². The lowest BCUT2D eigenvalue weighted by Crippen LogP contribution is -2.50. The minimum atomic E-state index is 0.506. The fourth-order valence-corrected chi connectivity index (χ4v) is 3.93. The molecule has 1 aromatic rings. The number of thiazole rings is 1. The van der Waals surface area contributed by atoms with E-state index in [1.165, 1.54) is 11.3 Å². The molecule has 1 unspecified atom stereocenters. The monoisotopic (exact) mass is 367 g/mol. The summed E-state index contributed by atoms with van der Waals surface area (Å²) in [6, 6.07) is 0.506. The normalized spacial score (nSPS) is 17.8. The van der Waals surface area contributed by atoms with Crippen LogP contribution >= 0.6 is 11.3 Å². The molecule has 0 aliphatic carbocycles. The first kappa shape index (κ1) is 20.1. The lowest BCUT2D eigenvalue weighted by atomic mass is 10.0. The molecule has 1 aromatic heterocycles. The van der Waals surface area contributed by atoms with E-state index in [0.29, 0.717) is 18.5 Å². The average Bonchev–Trinajstić information content (AvgIpc) is 2.92. The third-order valence-electron chi connectivity index (χ3n) is 4.51. The van der Waals surface area contributed by atoms with Crippen molar-refractivity contribution in [2.24, 2.45) is 10.9 Å². The van der Waals surface area contributed by atoms with Gasteiger partial charge in [0.05, 0.1) is 25.5 Å². The Bertz CT molecular complexity index is 532. The largest absolute Gasteiger partial charge is 0.379 e. The maximum atomic E-state index is 5.50. The van der Waals surface area contributed by atoms with Crippen molar-refractivity contribution < 1.29 is 4.74 Å². The lowest BCUT2D eigenvalue weighted by Gasteiger charge is -2.35. The van der Waals surface area contributed by atoms with E-state index in [1.807, 2.05) is 7.05 Å². The van der Waals surface area contributed by atoms with E-state index in [0.717, 1.165) is 49.5 Å². The van der Waals surface area contributed by atoms with Crippen LogP contribution in [-0.2, 0) is 11.3 Å². The van der Waals surface area contributed by atoms with Crippen molar-refractivity contribution in [3.8, 4) is 0 Å². The number of hydrogen-bond donors (Lipinski definition) is 2. The molecule has 1 aliphatic heterocycles. The van der Waals surface area contributed by atoms with Gasteiger partial charge in [-0.15, -0.1) is 11.3 Å². The number of aliphatic imine (C=N–C) groups is 1. The van der Waals surface area contributed by atoms with Gasteiger partial charge < -0.3 is 15.4 Å². The molecule has 0 saturated carbocycles. The summed E-state index contributed by atoms with van der Waals surface area (Å²) in [5.41, 5.74) is 1.12. The van der Waals surface area contributed by atoms with Gasteiger partial charge in [-0.25, -0.2) is 4.98 Å². The van der Waals surface area contributed by atoms with Gasteiger partial charge in [0.25, 0.3) is 0 Å². The Hall–Kier alpha value is -1.18. The quantitative estimate of drug-likeness (QED) is 0.571. The zero-order chi connectivity index (χ0) is 18.2. The second-order valence-electron chi connectivity index (χ2n) is 6.99. The van der Waals surface area contributed by atoms with Crippen LogP contribution in [0.25, 0.3) is 0 Å². The fourth-order valence-electron chi connectivity index (χ4n) is 3.06. The molecule has 2 N–H and O–H groups in total. The van der Waals surface area contributed by atoms with Crippen LogP contribution in [0.1, 0.15) is 35.8 Å². The second kappa shape index (κ2) is 10.1. The summed E-state index contributed by atoms with van der Waals surface area (Å²) in [6.45, 7) is 14.1. The molecule has 2 heterocycles. The van der Waals surface area contributed by atoms with Gasteiger partial charge in [0.1, 0.15) is 5.01 Å². The highest BCUT2D eigenvalue weighted by molar-refractivity contribution is 7.11. The highest BCUT2D eigenvalue weighted by Gasteiger charge is 2.22. The highest BCUT2D eigenvalue weighted by Crippen LogP contribution is 2.16. The predicted molar refractivity (Wildman–Crippen MR) is 105 cm³/mol. The van der Waals surface area contributed by atoms with Gasteiger partial charge in [0, 0.05) is 37.6 Å². The lowest BCUT2D eigenvalue weighted by molar-refractivity contribution is 0.0132. The molecule has 0 bridgehead atoms. The average molecular weight is 368 g/mol. The third-order valence-corrected chi connectivity index (χ3v) is 5.59. The van der Waals surface area contributed by atoms with Crippen LogP contribution in [0.3, 0.4) is 0 Å². The molecular weight excluding hydrogens is 334 g/mol. The smallest absolute Gasteiger partial charge is 0.191 e. The first-order valence-electron chi connectivity index (χ1n) is 9.18. The van der Waals surface area contributed by atoms with E-state index < -0.39 is 0 Å². The van der Waals surface area contributed by atoms with Crippen LogP contribution in [0.15, 0.2) is 4.99 Å². The zero-order valence-corrected chi connectivity index (χ0v) is 17.1. The molecule has 7 heteroatoms. The van der Waals surface area contributed by atoms with Crippen LogP contribution in [0, 0.1) is 19.8 Å². The van der Waals surface area contributed by atoms with Gasteiger partial charge in [-0.05, 0) is 26.2 Å². The number of hydrogen-bond acceptors (Lipinski definition) is 5. The number of guanidine groups is 1. The first-order valence-corrected chi connectivity index (χ1v) is 10.0. The summed E-state index contributed by atoms with van der Waals surface area (Å²) in [5.74, 6) is 1.51. The van der Waals surface area contributed by atoms with E-state index in [-0.39, 0.29) is 0 Å². The molecule has 0 spiro atoms. The van der Waals surface area contributed by atoms with Crippen LogP contribution in [0.4, 0.5) is 0 Å². The van der Waals surface area contributed by atoms with Gasteiger partial charge in [-0.2, -0.15) is 0 Å². The van der Waals surface area contributed by atoms with E-state index in [4.69, 9.17) is 4.74 Å². The molecule has 1 fully saturated rings. The third kappa shape index (κ3) is 6.56. The van der Waals surface area contributed by atoms with Gasteiger partial charge in [0.15, 0.2) is 5.96 Å². The van der Waals surface area contributed by atoms with Crippen molar-refractivity contribution in [1.82, 2.24) is 20.5 Å². The molecular formula is C18H33N5OS. The zero-order valence-electron chi connectivity index (χ0n) is 16.3. The molecule has 6 nitrogen and oxygen atoms in total. The van der Waals surface area contributed by atoms with Crippen molar-refractivity contribution in [3.05, 3.63) is 15.6 Å². The number of rotatable bonds is 7. The van der Waals surface area contributed by atoms with Gasteiger partial charge in [0.2, 0.25) is 0 Å². The fraction of sp³-hybridized carbons (Fsp3) is 0.778. The number of ether oxygens (including phenoxy) is 1. The summed E-state index contributed by atoms with van der Waals surface area (Å²) in [4.78, 5) is 12.8. The van der Waals surface area contributed by atoms with Crippen LogP contribution < -0.4 is 10.6 Å². The molecule has 0 amide bonds. The van der Waals surface area contributed by atoms with Crippen molar-refractivity contribution in [2.75, 3.05) is 39.9 Å². The number of nitrogens with one attached hydrogen (secondary N) is 2. The molecule has 0 aromatic carbocycles. The summed E-state index contributed by atoms with van der Waals surface area (Å²) < 4.78 is 5.50. The van der Waals surface area contributed by atoms with Gasteiger partial charge in [-0.1, -0.05) is 13.8 Å². The standard InChI is InChI=1S/C18H33N5OS/c1-13(2)10-16(23-6-8-24-9-7-23)11-20-18(19-5)21-12-17-22-14(3)15(4)25-17/h13,16H,6-12H2,1-5H3,(H2,19,20,21). The van der Waals surface area contributed by atoms with E-state index in [9.17, 15) is 0 Å². The Morgan fingerprint density at radius 3 is 2.56 bits per heavy atom. The summed E-state index contributed by atoms with van der Waals surface area (Å²) in [5, 5.41) is 7.98. The Morgan fingerprint density at radius 2 is 2.00 bits per heavy atom. The number of morpholine rings is 1. The Balaban J connectivity index is 1.85. The molecule has 1 saturated heterocycles. The maximum absolute atomic E-state index is 5.50. The number of aryl methyl sites for hydroxylation is 2. The van der Waals surface area contributed by atoms with E-state index in [1.54, 1.807) is 11.3 Å². The maximum Gasteiger partial charge on any atom is 0.191 e. The van der Waals surface area contributed by atoms with Crippen molar-refractivity contribution >= 4 is 17.3 Å². The molecule has 142 valence electrons. The minimum Gasteiger partial charge on any atom is -0.379 e. The SMILES string of the molecule is CN=C(NCc1nc(C)c(C)s1)NCC(CC(C)C)N1CCOCC1. The van der Waals surface area contributed by atoms with Crippen molar-refractivity contribution in [3.63, 3.8) is 0 Å². The minimum absolute atomic E-state index is 0.506. The Morgan fingerprint density at radius 1 is 1.28 bits per heavy atom. The highest BCUT2D eigenvalue weighted by atomic mass is 32.1.